The normalized spacial score (nSPS) is 13.9. The van der Waals surface area contributed by atoms with Crippen LogP contribution in [0.5, 0.6) is 0 Å². The van der Waals surface area contributed by atoms with Gasteiger partial charge in [0.05, 0.1) is 16.8 Å². The van der Waals surface area contributed by atoms with Crippen molar-refractivity contribution in [3.05, 3.63) is 65.3 Å². The maximum atomic E-state index is 12.3. The van der Waals surface area contributed by atoms with E-state index in [0.717, 1.165) is 42.9 Å². The number of ether oxygens (including phenoxy) is 1. The number of amides is 1. The minimum absolute atomic E-state index is 0.109. The predicted molar refractivity (Wildman–Crippen MR) is 137 cm³/mol. The summed E-state index contributed by atoms with van der Waals surface area (Å²) in [5, 5.41) is 3.44. The van der Waals surface area contributed by atoms with E-state index in [2.05, 4.69) is 25.1 Å². The Morgan fingerprint density at radius 1 is 1.17 bits per heavy atom. The lowest BCUT2D eigenvalue weighted by Gasteiger charge is -2.24. The molecule has 0 aromatic carbocycles. The van der Waals surface area contributed by atoms with Gasteiger partial charge >= 0.3 is 0 Å². The lowest BCUT2D eigenvalue weighted by molar-refractivity contribution is 0.0827. The third-order valence-corrected chi connectivity index (χ3v) is 6.21. The highest BCUT2D eigenvalue weighted by atomic mass is 16.5. The molecule has 1 saturated heterocycles. The maximum absolute atomic E-state index is 12.3. The average Bonchev–Trinajstić information content (AvgIpc) is 3.33. The van der Waals surface area contributed by atoms with E-state index in [1.807, 2.05) is 31.2 Å². The SMILES string of the molecule is [C-]#[N+]c1nc(-c2ccnc3cc(-c4ncc(C(=O)N(C)C)cc4C)oc23)ccc1NC1CCOCC1. The van der Waals surface area contributed by atoms with Gasteiger partial charge in [-0.15, -0.1) is 4.98 Å². The molecule has 0 radical (unpaired) electrons. The molecule has 1 amide bonds. The maximum Gasteiger partial charge on any atom is 0.293 e. The quantitative estimate of drug-likeness (QED) is 0.395. The molecule has 0 spiro atoms. The molecule has 0 atom stereocenters. The number of hydrogen-bond acceptors (Lipinski definition) is 7. The van der Waals surface area contributed by atoms with Gasteiger partial charge in [0.15, 0.2) is 17.0 Å². The molecule has 0 bridgehead atoms. The van der Waals surface area contributed by atoms with E-state index in [0.29, 0.717) is 39.6 Å². The van der Waals surface area contributed by atoms with E-state index in [1.165, 1.54) is 4.90 Å². The summed E-state index contributed by atoms with van der Waals surface area (Å²) in [6, 6.07) is 9.52. The molecule has 0 unspecified atom stereocenters. The Labute approximate surface area is 209 Å². The first-order chi connectivity index (χ1) is 17.4. The van der Waals surface area contributed by atoms with E-state index < -0.39 is 0 Å². The Morgan fingerprint density at radius 2 is 1.97 bits per heavy atom. The molecule has 5 rings (SSSR count). The van der Waals surface area contributed by atoms with Crippen molar-refractivity contribution in [1.29, 1.82) is 0 Å². The van der Waals surface area contributed by atoms with E-state index in [4.69, 9.17) is 15.7 Å². The number of fused-ring (bicyclic) bond motifs is 1. The Hall–Kier alpha value is -4.29. The summed E-state index contributed by atoms with van der Waals surface area (Å²) in [4.78, 5) is 31.1. The third kappa shape index (κ3) is 4.51. The second-order valence-electron chi connectivity index (χ2n) is 8.98. The molecule has 9 nitrogen and oxygen atoms in total. The van der Waals surface area contributed by atoms with Gasteiger partial charge < -0.3 is 24.2 Å². The van der Waals surface area contributed by atoms with Crippen LogP contribution in [0.4, 0.5) is 11.5 Å². The lowest BCUT2D eigenvalue weighted by Crippen LogP contribution is -2.27. The van der Waals surface area contributed by atoms with Crippen LogP contribution in [0.1, 0.15) is 28.8 Å². The lowest BCUT2D eigenvalue weighted by atomic mass is 10.1. The smallest absolute Gasteiger partial charge is 0.293 e. The molecular weight excluding hydrogens is 456 g/mol. The van der Waals surface area contributed by atoms with Crippen molar-refractivity contribution in [1.82, 2.24) is 19.9 Å². The molecular formula is C27H26N6O3. The van der Waals surface area contributed by atoms with Gasteiger partial charge in [-0.3, -0.25) is 14.8 Å². The molecule has 0 saturated carbocycles. The van der Waals surface area contributed by atoms with Gasteiger partial charge in [0.25, 0.3) is 11.7 Å². The van der Waals surface area contributed by atoms with Gasteiger partial charge in [-0.25, -0.2) is 0 Å². The van der Waals surface area contributed by atoms with Gasteiger partial charge in [-0.1, -0.05) is 6.57 Å². The largest absolute Gasteiger partial charge is 0.452 e. The topological polar surface area (TPSA) is 97.7 Å². The summed E-state index contributed by atoms with van der Waals surface area (Å²) in [7, 11) is 3.41. The predicted octanol–water partition coefficient (Wildman–Crippen LogP) is 5.10. The number of furan rings is 1. The van der Waals surface area contributed by atoms with Crippen LogP contribution in [0.15, 0.2) is 47.1 Å². The summed E-state index contributed by atoms with van der Waals surface area (Å²) < 4.78 is 11.7. The highest BCUT2D eigenvalue weighted by molar-refractivity contribution is 5.95. The van der Waals surface area contributed by atoms with E-state index in [1.54, 1.807) is 32.6 Å². The van der Waals surface area contributed by atoms with Crippen molar-refractivity contribution < 1.29 is 13.9 Å². The molecule has 1 aliphatic heterocycles. The number of nitrogens with zero attached hydrogens (tertiary/aromatic N) is 5. The monoisotopic (exact) mass is 482 g/mol. The fourth-order valence-corrected chi connectivity index (χ4v) is 4.32. The minimum atomic E-state index is -0.109. The van der Waals surface area contributed by atoms with Crippen molar-refractivity contribution in [2.45, 2.75) is 25.8 Å². The van der Waals surface area contributed by atoms with Crippen LogP contribution >= 0.6 is 0 Å². The number of rotatable bonds is 5. The third-order valence-electron chi connectivity index (χ3n) is 6.21. The minimum Gasteiger partial charge on any atom is -0.452 e. The van der Waals surface area contributed by atoms with Crippen molar-refractivity contribution >= 4 is 28.5 Å². The van der Waals surface area contributed by atoms with Crippen molar-refractivity contribution in [3.63, 3.8) is 0 Å². The fraction of sp³-hybridized carbons (Fsp3) is 0.296. The first-order valence-corrected chi connectivity index (χ1v) is 11.7. The van der Waals surface area contributed by atoms with E-state index in [9.17, 15) is 4.79 Å². The Kier molecular flexibility index (Phi) is 6.36. The summed E-state index contributed by atoms with van der Waals surface area (Å²) in [5.74, 6) is 0.756. The zero-order chi connectivity index (χ0) is 25.2. The summed E-state index contributed by atoms with van der Waals surface area (Å²) in [6.07, 6.45) is 5.05. The Morgan fingerprint density at radius 3 is 2.69 bits per heavy atom. The highest BCUT2D eigenvalue weighted by Gasteiger charge is 2.21. The second kappa shape index (κ2) is 9.76. The van der Waals surface area contributed by atoms with Gasteiger partial charge in [-0.05, 0) is 49.6 Å². The van der Waals surface area contributed by atoms with Crippen molar-refractivity contribution in [3.8, 4) is 22.7 Å². The number of pyridine rings is 3. The number of aryl methyl sites for hydroxylation is 1. The van der Waals surface area contributed by atoms with Gasteiger partial charge in [-0.2, -0.15) is 0 Å². The van der Waals surface area contributed by atoms with Crippen LogP contribution in [0.25, 0.3) is 38.7 Å². The first-order valence-electron chi connectivity index (χ1n) is 11.7. The van der Waals surface area contributed by atoms with E-state index in [-0.39, 0.29) is 11.9 Å². The molecule has 36 heavy (non-hydrogen) atoms. The number of carbonyl (C=O) groups excluding carboxylic acids is 1. The van der Waals surface area contributed by atoms with E-state index >= 15 is 0 Å². The van der Waals surface area contributed by atoms with Crippen LogP contribution in [0.3, 0.4) is 0 Å². The van der Waals surface area contributed by atoms with Crippen LogP contribution in [-0.2, 0) is 4.74 Å². The number of aromatic nitrogens is 3. The number of hydrogen-bond donors (Lipinski definition) is 1. The van der Waals surface area contributed by atoms with Gasteiger partial charge in [0.1, 0.15) is 11.2 Å². The number of carbonyl (C=O) groups is 1. The van der Waals surface area contributed by atoms with Gasteiger partial charge in [0.2, 0.25) is 0 Å². The molecule has 1 N–H and O–H groups in total. The highest BCUT2D eigenvalue weighted by Crippen LogP contribution is 2.35. The molecule has 1 fully saturated rings. The van der Waals surface area contributed by atoms with Gasteiger partial charge in [0, 0.05) is 51.8 Å². The van der Waals surface area contributed by atoms with Crippen LogP contribution < -0.4 is 5.32 Å². The molecule has 0 aliphatic carbocycles. The van der Waals surface area contributed by atoms with Crippen molar-refractivity contribution in [2.75, 3.05) is 32.6 Å². The molecule has 4 aromatic rings. The summed E-state index contributed by atoms with van der Waals surface area (Å²) >= 11 is 0. The second-order valence-corrected chi connectivity index (χ2v) is 8.98. The number of anilines is 1. The Balaban J connectivity index is 1.49. The fourth-order valence-electron chi connectivity index (χ4n) is 4.32. The molecule has 4 aromatic heterocycles. The molecule has 1 aliphatic rings. The molecule has 5 heterocycles. The zero-order valence-electron chi connectivity index (χ0n) is 20.4. The summed E-state index contributed by atoms with van der Waals surface area (Å²) in [6.45, 7) is 11.0. The summed E-state index contributed by atoms with van der Waals surface area (Å²) in [5.41, 5.74) is 5.29. The average molecular weight is 483 g/mol. The van der Waals surface area contributed by atoms with Crippen molar-refractivity contribution in [2.24, 2.45) is 0 Å². The van der Waals surface area contributed by atoms with Crippen LogP contribution in [-0.4, -0.2) is 59.1 Å². The van der Waals surface area contributed by atoms with Crippen LogP contribution in [0.2, 0.25) is 0 Å². The number of nitrogens with one attached hydrogen (secondary N) is 1. The standard InChI is InChI=1S/C27H26N6O3/c1-16-13-17(27(34)33(3)4)15-30-24(16)23-14-22-25(36-23)19(7-10-29-22)20-5-6-21(26(28-2)32-20)31-18-8-11-35-12-9-18/h5-7,10,13-15,18,31H,8-9,11-12H2,1,3-4H3. The Bertz CT molecular complexity index is 1480. The molecule has 9 heteroatoms. The molecule has 182 valence electrons. The zero-order valence-corrected chi connectivity index (χ0v) is 20.4. The van der Waals surface area contributed by atoms with Crippen LogP contribution in [0, 0.1) is 13.5 Å². The first kappa shape index (κ1) is 23.5.